The molecule has 1 nitrogen and oxygen atoms in total. The van der Waals surface area contributed by atoms with Crippen molar-refractivity contribution in [3.63, 3.8) is 0 Å². The van der Waals surface area contributed by atoms with Gasteiger partial charge in [-0.05, 0) is 32.4 Å². The van der Waals surface area contributed by atoms with E-state index in [9.17, 15) is 0 Å². The molecular weight excluding hydrogens is 110 g/mol. The van der Waals surface area contributed by atoms with Crippen molar-refractivity contribution < 1.29 is 0 Å². The lowest BCUT2D eigenvalue weighted by atomic mass is 9.98. The molecule has 0 aromatic heterocycles. The number of rotatable bonds is 2. The fourth-order valence-corrected chi connectivity index (χ4v) is 0.954. The predicted octanol–water partition coefficient (Wildman–Crippen LogP) is 1.01. The first-order valence-corrected chi connectivity index (χ1v) is 3.54. The van der Waals surface area contributed by atoms with Crippen molar-refractivity contribution in [1.82, 2.24) is 5.32 Å². The molecule has 1 fully saturated rings. The third kappa shape index (κ3) is 2.07. The van der Waals surface area contributed by atoms with E-state index in [4.69, 9.17) is 0 Å². The highest BCUT2D eigenvalue weighted by molar-refractivity contribution is 4.95. The minimum Gasteiger partial charge on any atom is -0.316 e. The summed E-state index contributed by atoms with van der Waals surface area (Å²) in [4.78, 5) is 0. The summed E-state index contributed by atoms with van der Waals surface area (Å²) < 4.78 is 0. The van der Waals surface area contributed by atoms with Crippen LogP contribution in [0.1, 0.15) is 19.8 Å². The van der Waals surface area contributed by atoms with Gasteiger partial charge in [0, 0.05) is 6.42 Å². The van der Waals surface area contributed by atoms with E-state index in [1.165, 1.54) is 19.5 Å². The highest BCUT2D eigenvalue weighted by Crippen LogP contribution is 2.09. The lowest BCUT2D eigenvalue weighted by Crippen LogP contribution is -2.41. The van der Waals surface area contributed by atoms with Crippen molar-refractivity contribution in [3.05, 3.63) is 0 Å². The van der Waals surface area contributed by atoms with E-state index in [1.54, 1.807) is 0 Å². The third-order valence-electron chi connectivity index (χ3n) is 1.72. The van der Waals surface area contributed by atoms with Crippen LogP contribution in [0, 0.1) is 17.8 Å². The Kier molecular flexibility index (Phi) is 2.60. The highest BCUT2D eigenvalue weighted by atomic mass is 14.9. The van der Waals surface area contributed by atoms with E-state index in [0.29, 0.717) is 0 Å². The van der Waals surface area contributed by atoms with Crippen molar-refractivity contribution in [2.45, 2.75) is 19.8 Å². The van der Waals surface area contributed by atoms with Crippen molar-refractivity contribution in [1.29, 1.82) is 0 Å². The third-order valence-corrected chi connectivity index (χ3v) is 1.72. The van der Waals surface area contributed by atoms with Crippen molar-refractivity contribution in [3.8, 4) is 11.8 Å². The summed E-state index contributed by atoms with van der Waals surface area (Å²) in [5.41, 5.74) is 0. The van der Waals surface area contributed by atoms with Gasteiger partial charge in [0.1, 0.15) is 0 Å². The maximum absolute atomic E-state index is 3.24. The summed E-state index contributed by atoms with van der Waals surface area (Å²) in [6.45, 7) is 4.33. The Labute approximate surface area is 56.8 Å². The van der Waals surface area contributed by atoms with E-state index in [0.717, 1.165) is 12.3 Å². The molecule has 0 spiro atoms. The minimum atomic E-state index is 0.922. The SMILES string of the molecule is CC#CCCC1CNC1. The van der Waals surface area contributed by atoms with Crippen LogP contribution in [0.3, 0.4) is 0 Å². The molecule has 0 aromatic carbocycles. The van der Waals surface area contributed by atoms with Crippen molar-refractivity contribution in [2.75, 3.05) is 13.1 Å². The molecule has 0 aromatic rings. The zero-order valence-electron chi connectivity index (χ0n) is 5.91. The van der Waals surface area contributed by atoms with E-state index >= 15 is 0 Å². The van der Waals surface area contributed by atoms with E-state index < -0.39 is 0 Å². The summed E-state index contributed by atoms with van der Waals surface area (Å²) >= 11 is 0. The smallest absolute Gasteiger partial charge is 0.00921 e. The van der Waals surface area contributed by atoms with Gasteiger partial charge in [-0.15, -0.1) is 11.8 Å². The van der Waals surface area contributed by atoms with Crippen LogP contribution in [-0.2, 0) is 0 Å². The van der Waals surface area contributed by atoms with Crippen LogP contribution in [0.5, 0.6) is 0 Å². The molecule has 0 bridgehead atoms. The Morgan fingerprint density at radius 1 is 1.56 bits per heavy atom. The molecular formula is C8H13N. The Bertz CT molecular complexity index is 125. The standard InChI is InChI=1S/C8H13N/c1-2-3-4-5-8-6-9-7-8/h8-9H,4-7H2,1H3. The van der Waals surface area contributed by atoms with Crippen molar-refractivity contribution in [2.24, 2.45) is 5.92 Å². The summed E-state index contributed by atoms with van der Waals surface area (Å²) in [6.07, 6.45) is 2.37. The van der Waals surface area contributed by atoms with Gasteiger partial charge >= 0.3 is 0 Å². The first-order chi connectivity index (χ1) is 4.43. The number of hydrogen-bond acceptors (Lipinski definition) is 1. The van der Waals surface area contributed by atoms with Gasteiger partial charge in [0.15, 0.2) is 0 Å². The second-order valence-corrected chi connectivity index (χ2v) is 2.49. The van der Waals surface area contributed by atoms with Gasteiger partial charge in [-0.1, -0.05) is 0 Å². The van der Waals surface area contributed by atoms with Crippen LogP contribution < -0.4 is 5.32 Å². The molecule has 1 aliphatic heterocycles. The van der Waals surface area contributed by atoms with E-state index in [2.05, 4.69) is 17.2 Å². The van der Waals surface area contributed by atoms with Crippen LogP contribution in [0.15, 0.2) is 0 Å². The summed E-state index contributed by atoms with van der Waals surface area (Å²) in [6, 6.07) is 0. The predicted molar refractivity (Wildman–Crippen MR) is 39.0 cm³/mol. The zero-order chi connectivity index (χ0) is 6.53. The molecule has 0 amide bonds. The largest absolute Gasteiger partial charge is 0.316 e. The van der Waals surface area contributed by atoms with Crippen molar-refractivity contribution >= 4 is 0 Å². The van der Waals surface area contributed by atoms with Gasteiger partial charge in [0.25, 0.3) is 0 Å². The van der Waals surface area contributed by atoms with Crippen LogP contribution >= 0.6 is 0 Å². The molecule has 0 unspecified atom stereocenters. The fourth-order valence-electron chi connectivity index (χ4n) is 0.954. The molecule has 50 valence electrons. The zero-order valence-corrected chi connectivity index (χ0v) is 5.91. The lowest BCUT2D eigenvalue weighted by Gasteiger charge is -2.25. The summed E-state index contributed by atoms with van der Waals surface area (Å²) in [7, 11) is 0. The van der Waals surface area contributed by atoms with Crippen LogP contribution in [-0.4, -0.2) is 13.1 Å². The quantitative estimate of drug-likeness (QED) is 0.540. The van der Waals surface area contributed by atoms with Gasteiger partial charge in [-0.2, -0.15) is 0 Å². The van der Waals surface area contributed by atoms with Gasteiger partial charge in [-0.25, -0.2) is 0 Å². The topological polar surface area (TPSA) is 12.0 Å². The second-order valence-electron chi connectivity index (χ2n) is 2.49. The molecule has 1 saturated heterocycles. The highest BCUT2D eigenvalue weighted by Gasteiger charge is 2.14. The second kappa shape index (κ2) is 3.53. The van der Waals surface area contributed by atoms with Gasteiger partial charge in [-0.3, -0.25) is 0 Å². The maximum Gasteiger partial charge on any atom is 0.00921 e. The average molecular weight is 123 g/mol. The van der Waals surface area contributed by atoms with Crippen LogP contribution in [0.2, 0.25) is 0 Å². The Hall–Kier alpha value is -0.480. The normalized spacial score (nSPS) is 17.9. The Balaban J connectivity index is 1.95. The molecule has 1 heterocycles. The van der Waals surface area contributed by atoms with E-state index in [1.807, 2.05) is 6.92 Å². The molecule has 0 radical (unpaired) electrons. The summed E-state index contributed by atoms with van der Waals surface area (Å²) in [5, 5.41) is 3.24. The molecule has 1 rings (SSSR count). The first kappa shape index (κ1) is 6.64. The minimum absolute atomic E-state index is 0.922. The molecule has 1 N–H and O–H groups in total. The molecule has 0 atom stereocenters. The number of nitrogens with one attached hydrogen (secondary N) is 1. The van der Waals surface area contributed by atoms with Gasteiger partial charge < -0.3 is 5.32 Å². The monoisotopic (exact) mass is 123 g/mol. The van der Waals surface area contributed by atoms with Crippen LogP contribution in [0.25, 0.3) is 0 Å². The molecule has 1 heteroatoms. The number of hydrogen-bond donors (Lipinski definition) is 1. The average Bonchev–Trinajstić information content (AvgIpc) is 1.76. The molecule has 0 saturated carbocycles. The Morgan fingerprint density at radius 3 is 2.78 bits per heavy atom. The summed E-state index contributed by atoms with van der Waals surface area (Å²) in [5.74, 6) is 6.89. The Morgan fingerprint density at radius 2 is 2.33 bits per heavy atom. The van der Waals surface area contributed by atoms with E-state index in [-0.39, 0.29) is 0 Å². The van der Waals surface area contributed by atoms with Gasteiger partial charge in [0.05, 0.1) is 0 Å². The first-order valence-electron chi connectivity index (χ1n) is 3.54. The van der Waals surface area contributed by atoms with Gasteiger partial charge in [0.2, 0.25) is 0 Å². The fraction of sp³-hybridized carbons (Fsp3) is 0.750. The lowest BCUT2D eigenvalue weighted by molar-refractivity contribution is 0.331. The molecule has 9 heavy (non-hydrogen) atoms. The molecule has 0 aliphatic carbocycles. The van der Waals surface area contributed by atoms with Crippen LogP contribution in [0.4, 0.5) is 0 Å². The maximum atomic E-state index is 3.24. The molecule has 1 aliphatic rings.